The quantitative estimate of drug-likeness (QED) is 0.883. The van der Waals surface area contributed by atoms with Gasteiger partial charge in [-0.2, -0.15) is 13.2 Å². The van der Waals surface area contributed by atoms with Crippen LogP contribution in [0.2, 0.25) is 0 Å². The minimum Gasteiger partial charge on any atom is -0.335 e. The first-order valence-electron chi connectivity index (χ1n) is 7.21. The Morgan fingerprint density at radius 3 is 2.64 bits per heavy atom. The summed E-state index contributed by atoms with van der Waals surface area (Å²) in [5.41, 5.74) is -0.290. The highest BCUT2D eigenvalue weighted by molar-refractivity contribution is 5.29. The van der Waals surface area contributed by atoms with E-state index in [1.165, 1.54) is 12.1 Å². The van der Waals surface area contributed by atoms with Crippen molar-refractivity contribution in [2.45, 2.75) is 33.1 Å². The fourth-order valence-electron chi connectivity index (χ4n) is 2.40. The Morgan fingerprint density at radius 1 is 1.27 bits per heavy atom. The van der Waals surface area contributed by atoms with Crippen LogP contribution in [-0.2, 0) is 19.3 Å². The Bertz CT molecular complexity index is 605. The van der Waals surface area contributed by atoms with Crippen LogP contribution in [0.1, 0.15) is 23.9 Å². The summed E-state index contributed by atoms with van der Waals surface area (Å²) < 4.78 is 40.7. The molecule has 1 aromatic heterocycles. The predicted octanol–water partition coefficient (Wildman–Crippen LogP) is 3.64. The molecule has 22 heavy (non-hydrogen) atoms. The molecule has 0 saturated carbocycles. The number of hydrogen-bond donors (Lipinski definition) is 1. The van der Waals surface area contributed by atoms with Gasteiger partial charge in [-0.25, -0.2) is 4.98 Å². The van der Waals surface area contributed by atoms with Gasteiger partial charge in [-0.15, -0.1) is 0 Å². The molecule has 0 aliphatic heterocycles. The molecule has 1 unspecified atom stereocenters. The van der Waals surface area contributed by atoms with Gasteiger partial charge in [0, 0.05) is 25.5 Å². The van der Waals surface area contributed by atoms with Crippen LogP contribution in [0, 0.1) is 12.8 Å². The van der Waals surface area contributed by atoms with Crippen LogP contribution in [0.5, 0.6) is 0 Å². The lowest BCUT2D eigenvalue weighted by Gasteiger charge is -2.16. The number of imidazole rings is 1. The van der Waals surface area contributed by atoms with Gasteiger partial charge in [0.25, 0.3) is 0 Å². The van der Waals surface area contributed by atoms with E-state index in [0.29, 0.717) is 12.5 Å². The zero-order valence-corrected chi connectivity index (χ0v) is 12.7. The minimum absolute atomic E-state index is 0.211. The van der Waals surface area contributed by atoms with E-state index in [-0.39, 0.29) is 12.1 Å². The second-order valence-corrected chi connectivity index (χ2v) is 5.52. The summed E-state index contributed by atoms with van der Waals surface area (Å²) in [5, 5.41) is 3.11. The normalized spacial score (nSPS) is 13.3. The van der Waals surface area contributed by atoms with Gasteiger partial charge in [-0.3, -0.25) is 0 Å². The lowest BCUT2D eigenvalue weighted by Crippen LogP contribution is -2.25. The van der Waals surface area contributed by atoms with E-state index >= 15 is 0 Å². The highest BCUT2D eigenvalue weighted by atomic mass is 19.4. The molecular weight excluding hydrogens is 291 g/mol. The average molecular weight is 311 g/mol. The van der Waals surface area contributed by atoms with Crippen LogP contribution < -0.4 is 5.32 Å². The molecule has 1 atom stereocenters. The third kappa shape index (κ3) is 4.34. The molecule has 1 N–H and O–H groups in total. The standard InChI is InChI=1S/C16H20F3N3/c1-12(11-22-8-7-21-13(22)2)9-20-10-14-5-3-4-6-15(14)16(17,18)19/h3-8,12,20H,9-11H2,1-2H3. The van der Waals surface area contributed by atoms with E-state index in [9.17, 15) is 13.2 Å². The lowest BCUT2D eigenvalue weighted by molar-refractivity contribution is -0.138. The molecule has 1 aromatic carbocycles. The summed E-state index contributed by atoms with van der Waals surface area (Å²) >= 11 is 0. The van der Waals surface area contributed by atoms with Crippen molar-refractivity contribution in [3.63, 3.8) is 0 Å². The van der Waals surface area contributed by atoms with Gasteiger partial charge in [0.1, 0.15) is 5.82 Å². The smallest absolute Gasteiger partial charge is 0.335 e. The van der Waals surface area contributed by atoms with Crippen molar-refractivity contribution in [1.29, 1.82) is 0 Å². The predicted molar refractivity (Wildman–Crippen MR) is 79.3 cm³/mol. The van der Waals surface area contributed by atoms with Gasteiger partial charge in [0.2, 0.25) is 0 Å². The zero-order valence-electron chi connectivity index (χ0n) is 12.7. The molecule has 1 heterocycles. The SMILES string of the molecule is Cc1nccn1CC(C)CNCc1ccccc1C(F)(F)F. The maximum absolute atomic E-state index is 12.9. The van der Waals surface area contributed by atoms with Crippen LogP contribution in [0.4, 0.5) is 13.2 Å². The molecule has 0 bridgehead atoms. The van der Waals surface area contributed by atoms with Gasteiger partial charge < -0.3 is 9.88 Å². The van der Waals surface area contributed by atoms with Crippen LogP contribution in [0.3, 0.4) is 0 Å². The van der Waals surface area contributed by atoms with Crippen LogP contribution in [0.25, 0.3) is 0 Å². The molecule has 6 heteroatoms. The van der Waals surface area contributed by atoms with E-state index in [1.54, 1.807) is 12.3 Å². The molecule has 0 aliphatic carbocycles. The number of aromatic nitrogens is 2. The minimum atomic E-state index is -4.31. The Balaban J connectivity index is 1.88. The Labute approximate surface area is 128 Å². The van der Waals surface area contributed by atoms with Crippen molar-refractivity contribution >= 4 is 0 Å². The van der Waals surface area contributed by atoms with E-state index in [4.69, 9.17) is 0 Å². The molecular formula is C16H20F3N3. The van der Waals surface area contributed by atoms with Gasteiger partial charge in [0.15, 0.2) is 0 Å². The summed E-state index contributed by atoms with van der Waals surface area (Å²) in [6.07, 6.45) is -0.655. The molecule has 0 spiro atoms. The van der Waals surface area contributed by atoms with E-state index < -0.39 is 11.7 Å². The van der Waals surface area contributed by atoms with E-state index in [1.807, 2.05) is 17.7 Å². The molecule has 0 radical (unpaired) electrons. The summed E-state index contributed by atoms with van der Waals surface area (Å²) in [6.45, 7) is 5.63. The van der Waals surface area contributed by atoms with Gasteiger partial charge in [-0.1, -0.05) is 25.1 Å². The number of nitrogens with one attached hydrogen (secondary N) is 1. The van der Waals surface area contributed by atoms with Crippen LogP contribution >= 0.6 is 0 Å². The summed E-state index contributed by atoms with van der Waals surface area (Å²) in [7, 11) is 0. The topological polar surface area (TPSA) is 29.9 Å². The summed E-state index contributed by atoms with van der Waals surface area (Å²) in [4.78, 5) is 4.15. The Kier molecular flexibility index (Phi) is 5.24. The third-order valence-corrected chi connectivity index (χ3v) is 3.56. The number of alkyl halides is 3. The number of nitrogens with zero attached hydrogens (tertiary/aromatic N) is 2. The number of halogens is 3. The van der Waals surface area contributed by atoms with E-state index in [0.717, 1.165) is 18.4 Å². The zero-order chi connectivity index (χ0) is 16.2. The average Bonchev–Trinajstić information content (AvgIpc) is 2.83. The van der Waals surface area contributed by atoms with Crippen LogP contribution in [0.15, 0.2) is 36.7 Å². The first-order valence-corrected chi connectivity index (χ1v) is 7.21. The summed E-state index contributed by atoms with van der Waals surface area (Å²) in [6, 6.07) is 5.68. The third-order valence-electron chi connectivity index (χ3n) is 3.56. The van der Waals surface area contributed by atoms with Crippen molar-refractivity contribution in [1.82, 2.24) is 14.9 Å². The van der Waals surface area contributed by atoms with Crippen molar-refractivity contribution in [2.24, 2.45) is 5.92 Å². The van der Waals surface area contributed by atoms with Crippen molar-refractivity contribution in [3.8, 4) is 0 Å². The van der Waals surface area contributed by atoms with Gasteiger partial charge in [0.05, 0.1) is 5.56 Å². The number of aryl methyl sites for hydroxylation is 1. The second kappa shape index (κ2) is 6.96. The van der Waals surface area contributed by atoms with Gasteiger partial charge >= 0.3 is 6.18 Å². The van der Waals surface area contributed by atoms with E-state index in [2.05, 4.69) is 17.2 Å². The lowest BCUT2D eigenvalue weighted by atomic mass is 10.1. The number of benzene rings is 1. The molecule has 0 amide bonds. The molecule has 0 fully saturated rings. The molecule has 120 valence electrons. The Morgan fingerprint density at radius 2 is 2.00 bits per heavy atom. The monoisotopic (exact) mass is 311 g/mol. The summed E-state index contributed by atoms with van der Waals surface area (Å²) in [5.74, 6) is 1.24. The largest absolute Gasteiger partial charge is 0.416 e. The molecule has 3 nitrogen and oxygen atoms in total. The van der Waals surface area contributed by atoms with Crippen molar-refractivity contribution in [2.75, 3.05) is 6.54 Å². The van der Waals surface area contributed by atoms with Crippen molar-refractivity contribution in [3.05, 3.63) is 53.6 Å². The maximum Gasteiger partial charge on any atom is 0.416 e. The highest BCUT2D eigenvalue weighted by Gasteiger charge is 2.32. The first-order chi connectivity index (χ1) is 10.4. The first kappa shape index (κ1) is 16.5. The second-order valence-electron chi connectivity index (χ2n) is 5.52. The molecule has 2 rings (SSSR count). The number of hydrogen-bond acceptors (Lipinski definition) is 2. The number of rotatable bonds is 6. The van der Waals surface area contributed by atoms with Gasteiger partial charge in [-0.05, 0) is 31.0 Å². The molecule has 0 saturated heterocycles. The maximum atomic E-state index is 12.9. The van der Waals surface area contributed by atoms with Crippen molar-refractivity contribution < 1.29 is 13.2 Å². The van der Waals surface area contributed by atoms with Crippen LogP contribution in [-0.4, -0.2) is 16.1 Å². The fraction of sp³-hybridized carbons (Fsp3) is 0.438. The Hall–Kier alpha value is -1.82. The molecule has 0 aliphatic rings. The fourth-order valence-corrected chi connectivity index (χ4v) is 2.40. The highest BCUT2D eigenvalue weighted by Crippen LogP contribution is 2.31. The molecule has 2 aromatic rings.